The van der Waals surface area contributed by atoms with Gasteiger partial charge in [0.25, 0.3) is 0 Å². The van der Waals surface area contributed by atoms with E-state index in [4.69, 9.17) is 32.2 Å². The van der Waals surface area contributed by atoms with Crippen molar-refractivity contribution in [2.24, 2.45) is 5.73 Å². The largest absolute Gasteiger partial charge is 0.489 e. The minimum absolute atomic E-state index is 0.102. The second kappa shape index (κ2) is 4.61. The Labute approximate surface area is 98.8 Å². The summed E-state index contributed by atoms with van der Waals surface area (Å²) in [5.41, 5.74) is 6.21. The van der Waals surface area contributed by atoms with Crippen LogP contribution in [0.4, 0.5) is 0 Å². The number of benzene rings is 1. The molecule has 16 heavy (non-hydrogen) atoms. The van der Waals surface area contributed by atoms with Crippen LogP contribution in [0.1, 0.15) is 12.0 Å². The van der Waals surface area contributed by atoms with Gasteiger partial charge in [-0.3, -0.25) is 5.41 Å². The number of hydrogen-bond donors (Lipinski definition) is 2. The summed E-state index contributed by atoms with van der Waals surface area (Å²) in [5, 5.41) is 7.76. The molecule has 0 aromatic heterocycles. The fourth-order valence-corrected chi connectivity index (χ4v) is 1.89. The smallest absolute Gasteiger partial charge is 0.179 e. The molecule has 2 rings (SSSR count). The Hall–Kier alpha value is -1.42. The maximum absolute atomic E-state index is 7.25. The molecule has 0 atom stereocenters. The molecule has 0 bridgehead atoms. The lowest BCUT2D eigenvalue weighted by Gasteiger charge is -2.11. The predicted octanol–water partition coefficient (Wildman–Crippen LogP) is 1.98. The highest BCUT2D eigenvalue weighted by Gasteiger charge is 2.15. The first-order valence-corrected chi connectivity index (χ1v) is 5.45. The fourth-order valence-electron chi connectivity index (χ4n) is 1.61. The molecule has 0 radical (unpaired) electrons. The first-order chi connectivity index (χ1) is 7.66. The molecule has 1 aliphatic heterocycles. The fraction of sp³-hybridized carbons (Fsp3) is 0.364. The third-order valence-corrected chi connectivity index (χ3v) is 2.54. The van der Waals surface area contributed by atoms with E-state index < -0.39 is 0 Å². The zero-order valence-electron chi connectivity index (χ0n) is 8.75. The average molecular weight is 241 g/mol. The first kappa shape index (κ1) is 11.1. The topological polar surface area (TPSA) is 68.3 Å². The van der Waals surface area contributed by atoms with Crippen LogP contribution in [0.3, 0.4) is 0 Å². The van der Waals surface area contributed by atoms with Crippen LogP contribution >= 0.6 is 11.6 Å². The summed E-state index contributed by atoms with van der Waals surface area (Å²) in [5.74, 6) is 1.33. The van der Waals surface area contributed by atoms with Gasteiger partial charge in [0.1, 0.15) is 0 Å². The van der Waals surface area contributed by atoms with Gasteiger partial charge < -0.3 is 15.2 Å². The lowest BCUT2D eigenvalue weighted by Crippen LogP contribution is -2.12. The van der Waals surface area contributed by atoms with E-state index in [1.165, 1.54) is 0 Å². The van der Waals surface area contributed by atoms with E-state index in [9.17, 15) is 0 Å². The Bertz CT molecular complexity index is 421. The molecule has 1 aliphatic rings. The summed E-state index contributed by atoms with van der Waals surface area (Å²) >= 11 is 6.09. The van der Waals surface area contributed by atoms with E-state index in [2.05, 4.69) is 0 Å². The van der Waals surface area contributed by atoms with Crippen molar-refractivity contribution in [2.75, 3.05) is 13.2 Å². The van der Waals surface area contributed by atoms with Gasteiger partial charge in [0, 0.05) is 12.8 Å². The van der Waals surface area contributed by atoms with Gasteiger partial charge in [-0.05, 0) is 17.7 Å². The zero-order chi connectivity index (χ0) is 11.5. The summed E-state index contributed by atoms with van der Waals surface area (Å²) in [6.45, 7) is 1.23. The monoisotopic (exact) mass is 240 g/mol. The SMILES string of the molecule is N=C(N)Cc1cc(Cl)c2c(c1)OCCCO2. The van der Waals surface area contributed by atoms with Gasteiger partial charge in [0.05, 0.1) is 24.1 Å². The van der Waals surface area contributed by atoms with Gasteiger partial charge in [-0.15, -0.1) is 0 Å². The highest BCUT2D eigenvalue weighted by atomic mass is 35.5. The van der Waals surface area contributed by atoms with E-state index in [0.717, 1.165) is 12.0 Å². The molecule has 86 valence electrons. The van der Waals surface area contributed by atoms with E-state index in [1.807, 2.05) is 6.07 Å². The Morgan fingerprint density at radius 3 is 2.88 bits per heavy atom. The van der Waals surface area contributed by atoms with Crippen molar-refractivity contribution in [1.29, 1.82) is 5.41 Å². The van der Waals surface area contributed by atoms with Crippen LogP contribution in [0, 0.1) is 5.41 Å². The van der Waals surface area contributed by atoms with Crippen LogP contribution in [0.25, 0.3) is 0 Å². The van der Waals surface area contributed by atoms with Crippen molar-refractivity contribution in [2.45, 2.75) is 12.8 Å². The molecule has 0 aliphatic carbocycles. The van der Waals surface area contributed by atoms with Gasteiger partial charge in [0.2, 0.25) is 0 Å². The molecule has 1 aromatic carbocycles. The summed E-state index contributed by atoms with van der Waals surface area (Å²) in [6, 6.07) is 3.59. The highest BCUT2D eigenvalue weighted by molar-refractivity contribution is 6.32. The molecule has 0 spiro atoms. The number of amidine groups is 1. The van der Waals surface area contributed by atoms with Crippen LogP contribution in [0.15, 0.2) is 12.1 Å². The molecule has 1 aromatic rings. The molecule has 5 heteroatoms. The number of nitrogens with two attached hydrogens (primary N) is 1. The van der Waals surface area contributed by atoms with Crippen molar-refractivity contribution < 1.29 is 9.47 Å². The molecule has 0 amide bonds. The second-order valence-corrected chi connectivity index (χ2v) is 4.06. The molecule has 0 saturated carbocycles. The number of halogens is 1. The number of fused-ring (bicyclic) bond motifs is 1. The molecule has 0 unspecified atom stereocenters. The molecule has 1 heterocycles. The van der Waals surface area contributed by atoms with Crippen molar-refractivity contribution in [3.05, 3.63) is 22.7 Å². The Morgan fingerprint density at radius 1 is 1.38 bits per heavy atom. The number of rotatable bonds is 2. The zero-order valence-corrected chi connectivity index (χ0v) is 9.51. The van der Waals surface area contributed by atoms with Gasteiger partial charge in [0.15, 0.2) is 11.5 Å². The minimum Gasteiger partial charge on any atom is -0.489 e. The summed E-state index contributed by atoms with van der Waals surface area (Å²) in [7, 11) is 0. The third-order valence-electron chi connectivity index (χ3n) is 2.26. The number of hydrogen-bond acceptors (Lipinski definition) is 3. The molecule has 0 fully saturated rings. The van der Waals surface area contributed by atoms with Crippen LogP contribution in [-0.2, 0) is 6.42 Å². The van der Waals surface area contributed by atoms with Crippen molar-refractivity contribution >= 4 is 17.4 Å². The molecular weight excluding hydrogens is 228 g/mol. The van der Waals surface area contributed by atoms with Gasteiger partial charge in [-0.2, -0.15) is 0 Å². The van der Waals surface area contributed by atoms with Crippen molar-refractivity contribution in [3.63, 3.8) is 0 Å². The number of nitrogens with one attached hydrogen (secondary N) is 1. The normalized spacial score (nSPS) is 14.3. The maximum Gasteiger partial charge on any atom is 0.179 e. The Balaban J connectivity index is 2.35. The van der Waals surface area contributed by atoms with Crippen molar-refractivity contribution in [1.82, 2.24) is 0 Å². The number of ether oxygens (including phenoxy) is 2. The Kier molecular flexibility index (Phi) is 3.19. The maximum atomic E-state index is 7.25. The molecule has 0 saturated heterocycles. The van der Waals surface area contributed by atoms with Gasteiger partial charge >= 0.3 is 0 Å². The highest BCUT2D eigenvalue weighted by Crippen LogP contribution is 2.37. The standard InChI is InChI=1S/C11H13ClN2O2/c12-8-4-7(6-10(13)14)5-9-11(8)16-3-1-2-15-9/h4-5H,1-3,6H2,(H3,13,14). The van der Waals surface area contributed by atoms with Crippen LogP contribution in [-0.4, -0.2) is 19.0 Å². The van der Waals surface area contributed by atoms with Crippen LogP contribution in [0.5, 0.6) is 11.5 Å². The summed E-state index contributed by atoms with van der Waals surface area (Å²) in [4.78, 5) is 0. The van der Waals surface area contributed by atoms with E-state index in [1.54, 1.807) is 6.07 Å². The first-order valence-electron chi connectivity index (χ1n) is 5.08. The summed E-state index contributed by atoms with van der Waals surface area (Å²) < 4.78 is 11.0. The van der Waals surface area contributed by atoms with E-state index in [0.29, 0.717) is 36.2 Å². The van der Waals surface area contributed by atoms with E-state index >= 15 is 0 Å². The van der Waals surface area contributed by atoms with Crippen LogP contribution in [0.2, 0.25) is 5.02 Å². The lowest BCUT2D eigenvalue weighted by atomic mass is 10.1. The second-order valence-electron chi connectivity index (χ2n) is 3.66. The molecule has 3 N–H and O–H groups in total. The average Bonchev–Trinajstić information content (AvgIpc) is 2.41. The summed E-state index contributed by atoms with van der Waals surface area (Å²) in [6.07, 6.45) is 1.21. The van der Waals surface area contributed by atoms with E-state index in [-0.39, 0.29) is 5.84 Å². The van der Waals surface area contributed by atoms with Gasteiger partial charge in [-0.25, -0.2) is 0 Å². The molecule has 4 nitrogen and oxygen atoms in total. The third kappa shape index (κ3) is 2.39. The minimum atomic E-state index is 0.102. The molecular formula is C11H13ClN2O2. The van der Waals surface area contributed by atoms with Gasteiger partial charge in [-0.1, -0.05) is 11.6 Å². The van der Waals surface area contributed by atoms with Crippen LogP contribution < -0.4 is 15.2 Å². The Morgan fingerprint density at radius 2 is 2.12 bits per heavy atom. The lowest BCUT2D eigenvalue weighted by molar-refractivity contribution is 0.297. The van der Waals surface area contributed by atoms with Crippen molar-refractivity contribution in [3.8, 4) is 11.5 Å². The predicted molar refractivity (Wildman–Crippen MR) is 62.7 cm³/mol. The quantitative estimate of drug-likeness (QED) is 0.614.